The number of aldehydes is 1. The Morgan fingerprint density at radius 1 is 0.957 bits per heavy atom. The molecule has 2 aliphatic rings. The lowest BCUT2D eigenvalue weighted by atomic mass is 10.0. The smallest absolute Gasteiger partial charge is 0.153 e. The van der Waals surface area contributed by atoms with E-state index in [1.54, 1.807) is 6.07 Å². The van der Waals surface area contributed by atoms with Gasteiger partial charge in [-0.3, -0.25) is 14.6 Å². The number of phenolic OH excluding ortho intramolecular Hbond substituents is 1. The molecule has 6 heteroatoms. The van der Waals surface area contributed by atoms with Crippen molar-refractivity contribution >= 4 is 6.29 Å². The second-order valence-electron chi connectivity index (χ2n) is 6.09. The monoisotopic (exact) mass is 320 g/mol. The molecule has 0 bridgehead atoms. The maximum Gasteiger partial charge on any atom is 0.153 e. The molecule has 2 saturated heterocycles. The van der Waals surface area contributed by atoms with Crippen LogP contribution in [0.1, 0.15) is 21.5 Å². The number of ether oxygens (including phenoxy) is 2. The molecule has 23 heavy (non-hydrogen) atoms. The average molecular weight is 320 g/mol. The summed E-state index contributed by atoms with van der Waals surface area (Å²) in [5, 5.41) is 10.3. The van der Waals surface area contributed by atoms with Crippen LogP contribution in [0.5, 0.6) is 5.75 Å². The van der Waals surface area contributed by atoms with Crippen LogP contribution in [-0.4, -0.2) is 73.8 Å². The first-order valence-corrected chi connectivity index (χ1v) is 8.16. The molecule has 0 saturated carbocycles. The number of benzene rings is 1. The summed E-state index contributed by atoms with van der Waals surface area (Å²) in [6, 6.07) is 3.81. The number of carbonyl (C=O) groups is 1. The molecule has 1 N–H and O–H groups in total. The molecule has 0 unspecified atom stereocenters. The number of aromatic hydroxyl groups is 1. The van der Waals surface area contributed by atoms with Gasteiger partial charge in [-0.25, -0.2) is 0 Å². The number of morpholine rings is 2. The van der Waals surface area contributed by atoms with Crippen molar-refractivity contribution in [1.29, 1.82) is 0 Å². The largest absolute Gasteiger partial charge is 0.507 e. The van der Waals surface area contributed by atoms with Gasteiger partial charge in [-0.2, -0.15) is 0 Å². The third kappa shape index (κ3) is 4.29. The maximum atomic E-state index is 11.3. The van der Waals surface area contributed by atoms with Crippen molar-refractivity contribution < 1.29 is 19.4 Å². The molecular weight excluding hydrogens is 296 g/mol. The highest BCUT2D eigenvalue weighted by molar-refractivity contribution is 5.80. The van der Waals surface area contributed by atoms with Crippen molar-refractivity contribution in [2.45, 2.75) is 13.1 Å². The first kappa shape index (κ1) is 16.4. The summed E-state index contributed by atoms with van der Waals surface area (Å²) in [5.41, 5.74) is 2.26. The molecule has 0 aliphatic carbocycles. The highest BCUT2D eigenvalue weighted by atomic mass is 16.5. The predicted molar refractivity (Wildman–Crippen MR) is 85.7 cm³/mol. The van der Waals surface area contributed by atoms with Crippen LogP contribution in [-0.2, 0) is 22.6 Å². The Morgan fingerprint density at radius 3 is 2.09 bits per heavy atom. The van der Waals surface area contributed by atoms with E-state index in [2.05, 4.69) is 9.80 Å². The standard InChI is InChI=1S/C17H24N2O4/c20-13-16-10-14(11-18-1-5-22-6-2-18)9-15(17(16)21)12-19-3-7-23-8-4-19/h9-10,13,21H,1-8,11-12H2. The quantitative estimate of drug-likeness (QED) is 0.812. The fourth-order valence-electron chi connectivity index (χ4n) is 3.11. The SMILES string of the molecule is O=Cc1cc(CN2CCOCC2)cc(CN2CCOCC2)c1O. The van der Waals surface area contributed by atoms with Gasteiger partial charge in [0.05, 0.1) is 32.0 Å². The van der Waals surface area contributed by atoms with Gasteiger partial charge in [0.1, 0.15) is 5.75 Å². The third-order valence-electron chi connectivity index (χ3n) is 4.41. The second kappa shape index (κ2) is 7.88. The topological polar surface area (TPSA) is 62.2 Å². The molecule has 0 radical (unpaired) electrons. The van der Waals surface area contributed by atoms with E-state index in [1.807, 2.05) is 6.07 Å². The zero-order chi connectivity index (χ0) is 16.1. The van der Waals surface area contributed by atoms with Gasteiger partial charge >= 0.3 is 0 Å². The Bertz CT molecular complexity index is 538. The lowest BCUT2D eigenvalue weighted by Gasteiger charge is -2.28. The van der Waals surface area contributed by atoms with Gasteiger partial charge in [-0.05, 0) is 17.7 Å². The normalized spacial score (nSPS) is 20.5. The Balaban J connectivity index is 1.76. The van der Waals surface area contributed by atoms with Crippen molar-refractivity contribution in [3.8, 4) is 5.75 Å². The molecule has 2 heterocycles. The summed E-state index contributed by atoms with van der Waals surface area (Å²) in [7, 11) is 0. The summed E-state index contributed by atoms with van der Waals surface area (Å²) >= 11 is 0. The fourth-order valence-corrected chi connectivity index (χ4v) is 3.11. The van der Waals surface area contributed by atoms with Gasteiger partial charge < -0.3 is 14.6 Å². The van der Waals surface area contributed by atoms with Crippen LogP contribution in [0.25, 0.3) is 0 Å². The van der Waals surface area contributed by atoms with Crippen molar-refractivity contribution in [2.24, 2.45) is 0 Å². The highest BCUT2D eigenvalue weighted by Crippen LogP contribution is 2.26. The van der Waals surface area contributed by atoms with Crippen LogP contribution in [0.3, 0.4) is 0 Å². The van der Waals surface area contributed by atoms with Crippen LogP contribution >= 0.6 is 0 Å². The minimum Gasteiger partial charge on any atom is -0.507 e. The van der Waals surface area contributed by atoms with Crippen LogP contribution in [0.15, 0.2) is 12.1 Å². The molecule has 126 valence electrons. The summed E-state index contributed by atoms with van der Waals surface area (Å²) in [6.45, 7) is 7.86. The van der Waals surface area contributed by atoms with E-state index in [0.29, 0.717) is 12.1 Å². The van der Waals surface area contributed by atoms with E-state index in [0.717, 1.165) is 76.6 Å². The lowest BCUT2D eigenvalue weighted by Crippen LogP contribution is -2.36. The molecule has 6 nitrogen and oxygen atoms in total. The second-order valence-corrected chi connectivity index (χ2v) is 6.09. The van der Waals surface area contributed by atoms with Crippen molar-refractivity contribution in [1.82, 2.24) is 9.80 Å². The van der Waals surface area contributed by atoms with E-state index >= 15 is 0 Å². The van der Waals surface area contributed by atoms with E-state index in [-0.39, 0.29) is 5.75 Å². The lowest BCUT2D eigenvalue weighted by molar-refractivity contribution is 0.0331. The molecule has 0 aromatic heterocycles. The number of hydrogen-bond donors (Lipinski definition) is 1. The van der Waals surface area contributed by atoms with Gasteiger partial charge in [0.2, 0.25) is 0 Å². The Kier molecular flexibility index (Phi) is 5.61. The Morgan fingerprint density at radius 2 is 1.52 bits per heavy atom. The predicted octanol–water partition coefficient (Wildman–Crippen LogP) is 0.869. The number of phenols is 1. The van der Waals surface area contributed by atoms with Crippen molar-refractivity contribution in [3.05, 3.63) is 28.8 Å². The molecular formula is C17H24N2O4. The average Bonchev–Trinajstić information content (AvgIpc) is 2.59. The minimum atomic E-state index is 0.109. The van der Waals surface area contributed by atoms with Crippen LogP contribution in [0.2, 0.25) is 0 Å². The minimum absolute atomic E-state index is 0.109. The first-order valence-electron chi connectivity index (χ1n) is 8.16. The van der Waals surface area contributed by atoms with Crippen LogP contribution < -0.4 is 0 Å². The Labute approximate surface area is 136 Å². The fraction of sp³-hybridized carbons (Fsp3) is 0.588. The number of nitrogens with zero attached hydrogens (tertiary/aromatic N) is 2. The summed E-state index contributed by atoms with van der Waals surface area (Å²) in [6.07, 6.45) is 0.737. The third-order valence-corrected chi connectivity index (χ3v) is 4.41. The van der Waals surface area contributed by atoms with Gasteiger partial charge in [-0.1, -0.05) is 0 Å². The molecule has 2 aliphatic heterocycles. The van der Waals surface area contributed by atoms with E-state index < -0.39 is 0 Å². The van der Waals surface area contributed by atoms with Gasteiger partial charge in [-0.15, -0.1) is 0 Å². The highest BCUT2D eigenvalue weighted by Gasteiger charge is 2.17. The van der Waals surface area contributed by atoms with Crippen LogP contribution in [0, 0.1) is 0 Å². The van der Waals surface area contributed by atoms with Crippen molar-refractivity contribution in [3.63, 3.8) is 0 Å². The zero-order valence-electron chi connectivity index (χ0n) is 13.4. The van der Waals surface area contributed by atoms with Gasteiger partial charge in [0, 0.05) is 44.8 Å². The van der Waals surface area contributed by atoms with E-state index in [1.165, 1.54) is 0 Å². The maximum absolute atomic E-state index is 11.3. The summed E-state index contributed by atoms with van der Waals surface area (Å²) in [5.74, 6) is 0.109. The van der Waals surface area contributed by atoms with E-state index in [9.17, 15) is 9.90 Å². The molecule has 0 amide bonds. The number of hydrogen-bond acceptors (Lipinski definition) is 6. The summed E-state index contributed by atoms with van der Waals surface area (Å²) < 4.78 is 10.7. The zero-order valence-corrected chi connectivity index (χ0v) is 13.4. The van der Waals surface area contributed by atoms with E-state index in [4.69, 9.17) is 9.47 Å². The number of rotatable bonds is 5. The molecule has 2 fully saturated rings. The molecule has 3 rings (SSSR count). The van der Waals surface area contributed by atoms with Gasteiger partial charge in [0.25, 0.3) is 0 Å². The van der Waals surface area contributed by atoms with Crippen LogP contribution in [0.4, 0.5) is 0 Å². The summed E-state index contributed by atoms with van der Waals surface area (Å²) in [4.78, 5) is 15.8. The molecule has 1 aromatic carbocycles. The Hall–Kier alpha value is -1.47. The number of carbonyl (C=O) groups excluding carboxylic acids is 1. The molecule has 1 aromatic rings. The van der Waals surface area contributed by atoms with Crippen molar-refractivity contribution in [2.75, 3.05) is 52.6 Å². The van der Waals surface area contributed by atoms with Gasteiger partial charge in [0.15, 0.2) is 6.29 Å². The molecule has 0 spiro atoms. The first-order chi connectivity index (χ1) is 11.3. The molecule has 0 atom stereocenters.